The van der Waals surface area contributed by atoms with Crippen molar-refractivity contribution in [3.8, 4) is 0 Å². The van der Waals surface area contributed by atoms with Crippen molar-refractivity contribution >= 4 is 6.47 Å². The smallest absolute Gasteiger partial charge is 0.290 e. The summed E-state index contributed by atoms with van der Waals surface area (Å²) < 4.78 is 4.73. The molecule has 0 radical (unpaired) electrons. The van der Waals surface area contributed by atoms with Gasteiger partial charge in [-0.2, -0.15) is 0 Å². The highest BCUT2D eigenvalue weighted by molar-refractivity contribution is 5.32. The van der Waals surface area contributed by atoms with Gasteiger partial charge in [0.1, 0.15) is 12.4 Å². The van der Waals surface area contributed by atoms with Gasteiger partial charge in [0, 0.05) is 26.0 Å². The second-order valence-electron chi connectivity index (χ2n) is 4.56. The van der Waals surface area contributed by atoms with Crippen molar-refractivity contribution < 1.29 is 19.4 Å². The topological polar surface area (TPSA) is 77.2 Å². The highest BCUT2D eigenvalue weighted by Gasteiger charge is 2.06. The molecule has 6 heteroatoms. The van der Waals surface area contributed by atoms with E-state index in [1.165, 1.54) is 32.1 Å². The van der Waals surface area contributed by atoms with Crippen LogP contribution in [0.5, 0.6) is 0 Å². The molecule has 1 aliphatic heterocycles. The van der Waals surface area contributed by atoms with Crippen LogP contribution >= 0.6 is 0 Å². The quantitative estimate of drug-likeness (QED) is 0.642. The fraction of sp³-hybridized carbons (Fsp3) is 0.533. The Kier molecular flexibility index (Phi) is 11.8. The van der Waals surface area contributed by atoms with E-state index in [0.717, 1.165) is 6.67 Å². The van der Waals surface area contributed by atoms with Gasteiger partial charge in [0.15, 0.2) is 0 Å². The Labute approximate surface area is 126 Å². The molecule has 0 saturated carbocycles. The van der Waals surface area contributed by atoms with Crippen molar-refractivity contribution in [2.75, 3.05) is 20.3 Å². The van der Waals surface area contributed by atoms with Gasteiger partial charge in [-0.1, -0.05) is 19.8 Å². The van der Waals surface area contributed by atoms with Crippen LogP contribution in [0.1, 0.15) is 31.9 Å². The van der Waals surface area contributed by atoms with Crippen molar-refractivity contribution in [1.82, 2.24) is 9.80 Å². The molecule has 0 aliphatic carbocycles. The van der Waals surface area contributed by atoms with Gasteiger partial charge in [0.05, 0.1) is 12.9 Å². The molecule has 1 aliphatic rings. The minimum Gasteiger partial charge on any atom is -0.483 e. The second kappa shape index (κ2) is 13.1. The zero-order valence-electron chi connectivity index (χ0n) is 12.8. The molecular formula is C15H26N2O4. The van der Waals surface area contributed by atoms with Crippen LogP contribution in [0.3, 0.4) is 0 Å². The van der Waals surface area contributed by atoms with Gasteiger partial charge >= 0.3 is 0 Å². The molecule has 120 valence electrons. The maximum atomic E-state index is 8.36. The predicted octanol–water partition coefficient (Wildman–Crippen LogP) is 2.33. The van der Waals surface area contributed by atoms with E-state index in [1.54, 1.807) is 12.1 Å². The average molecular weight is 298 g/mol. The highest BCUT2D eigenvalue weighted by atomic mass is 16.4. The van der Waals surface area contributed by atoms with Crippen LogP contribution in [0.2, 0.25) is 0 Å². The minimum absolute atomic E-state index is 0.00694. The monoisotopic (exact) mass is 298 g/mol. The number of hydrogen-bond acceptors (Lipinski definition) is 5. The molecule has 0 saturated heterocycles. The van der Waals surface area contributed by atoms with Gasteiger partial charge in [-0.25, -0.2) is 0 Å². The van der Waals surface area contributed by atoms with E-state index < -0.39 is 0 Å². The summed E-state index contributed by atoms with van der Waals surface area (Å²) in [7, 11) is 2.11. The summed E-state index contributed by atoms with van der Waals surface area (Å²) in [6.07, 6.45) is 9.84. The van der Waals surface area contributed by atoms with E-state index in [9.17, 15) is 0 Å². The summed E-state index contributed by atoms with van der Waals surface area (Å²) in [6, 6.07) is 3.46. The van der Waals surface area contributed by atoms with Gasteiger partial charge in [0.2, 0.25) is 0 Å². The van der Waals surface area contributed by atoms with Crippen LogP contribution in [0.15, 0.2) is 35.2 Å². The SMILES string of the molecule is CCCCCN1C=CN(C)C1.O=CO.OCc1ccco1. The number of unbranched alkanes of at least 4 members (excludes halogenated alkanes) is 2. The Bertz CT molecular complexity index is 366. The molecule has 0 unspecified atom stereocenters. The summed E-state index contributed by atoms with van der Waals surface area (Å²) >= 11 is 0. The first-order chi connectivity index (χ1) is 10.2. The molecule has 0 fully saturated rings. The van der Waals surface area contributed by atoms with Gasteiger partial charge < -0.3 is 24.4 Å². The lowest BCUT2D eigenvalue weighted by Crippen LogP contribution is -2.23. The van der Waals surface area contributed by atoms with Gasteiger partial charge in [-0.15, -0.1) is 0 Å². The van der Waals surface area contributed by atoms with E-state index in [1.807, 2.05) is 0 Å². The Morgan fingerprint density at radius 1 is 1.38 bits per heavy atom. The normalized spacial score (nSPS) is 12.3. The van der Waals surface area contributed by atoms with E-state index >= 15 is 0 Å². The lowest BCUT2D eigenvalue weighted by molar-refractivity contribution is -0.122. The minimum atomic E-state index is -0.250. The number of furan rings is 1. The van der Waals surface area contributed by atoms with Crippen LogP contribution in [0, 0.1) is 0 Å². The van der Waals surface area contributed by atoms with Crippen LogP contribution in [0.25, 0.3) is 0 Å². The molecule has 2 rings (SSSR count). The standard InChI is InChI=1S/C9H18N2.C5H6O2.CH2O2/c1-3-4-5-6-11-8-7-10(2)9-11;6-4-5-2-1-3-7-5;2-1-3/h7-8H,3-6,9H2,1-2H3;1-3,6H,4H2;1H,(H,2,3). The number of aliphatic hydroxyl groups excluding tert-OH is 1. The second-order valence-corrected chi connectivity index (χ2v) is 4.56. The number of carboxylic acid groups (broad SMARTS) is 1. The summed E-state index contributed by atoms with van der Waals surface area (Å²) in [6.45, 7) is 4.28. The van der Waals surface area contributed by atoms with Gasteiger partial charge in [-0.05, 0) is 18.6 Å². The number of hydrogen-bond donors (Lipinski definition) is 2. The van der Waals surface area contributed by atoms with Crippen molar-refractivity contribution in [3.63, 3.8) is 0 Å². The fourth-order valence-corrected chi connectivity index (χ4v) is 1.70. The van der Waals surface area contributed by atoms with Crippen LogP contribution in [-0.4, -0.2) is 46.7 Å². The van der Waals surface area contributed by atoms with Crippen molar-refractivity contribution in [2.45, 2.75) is 32.8 Å². The zero-order valence-corrected chi connectivity index (χ0v) is 12.8. The third-order valence-electron chi connectivity index (χ3n) is 2.72. The van der Waals surface area contributed by atoms with E-state index in [-0.39, 0.29) is 13.1 Å². The van der Waals surface area contributed by atoms with Crippen LogP contribution in [0.4, 0.5) is 0 Å². The highest BCUT2D eigenvalue weighted by Crippen LogP contribution is 2.05. The molecular weight excluding hydrogens is 272 g/mol. The van der Waals surface area contributed by atoms with E-state index in [0.29, 0.717) is 5.76 Å². The van der Waals surface area contributed by atoms with E-state index in [4.69, 9.17) is 19.4 Å². The fourth-order valence-electron chi connectivity index (χ4n) is 1.70. The molecule has 0 amide bonds. The molecule has 1 aromatic heterocycles. The van der Waals surface area contributed by atoms with Gasteiger partial charge in [-0.3, -0.25) is 4.79 Å². The third-order valence-corrected chi connectivity index (χ3v) is 2.72. The Balaban J connectivity index is 0.000000342. The molecule has 0 atom stereocenters. The molecule has 21 heavy (non-hydrogen) atoms. The summed E-state index contributed by atoms with van der Waals surface area (Å²) in [5.41, 5.74) is 0. The molecule has 2 heterocycles. The first-order valence-electron chi connectivity index (χ1n) is 7.01. The maximum Gasteiger partial charge on any atom is 0.290 e. The van der Waals surface area contributed by atoms with Crippen molar-refractivity contribution in [3.05, 3.63) is 36.6 Å². The van der Waals surface area contributed by atoms with Crippen molar-refractivity contribution in [2.24, 2.45) is 0 Å². The van der Waals surface area contributed by atoms with E-state index in [2.05, 4.69) is 36.2 Å². The molecule has 6 nitrogen and oxygen atoms in total. The molecule has 2 N–H and O–H groups in total. The molecule has 1 aromatic rings. The van der Waals surface area contributed by atoms with Gasteiger partial charge in [0.25, 0.3) is 6.47 Å². The maximum absolute atomic E-state index is 8.36. The Morgan fingerprint density at radius 3 is 2.48 bits per heavy atom. The first kappa shape index (κ1) is 19.1. The predicted molar refractivity (Wildman–Crippen MR) is 81.3 cm³/mol. The zero-order chi connectivity index (χ0) is 15.9. The Morgan fingerprint density at radius 2 is 2.10 bits per heavy atom. The van der Waals surface area contributed by atoms with Crippen LogP contribution in [-0.2, 0) is 11.4 Å². The molecule has 0 spiro atoms. The summed E-state index contributed by atoms with van der Waals surface area (Å²) in [5.74, 6) is 0.611. The largest absolute Gasteiger partial charge is 0.483 e. The first-order valence-corrected chi connectivity index (χ1v) is 7.01. The number of nitrogens with zero attached hydrogens (tertiary/aromatic N) is 2. The third kappa shape index (κ3) is 10.5. The molecule has 0 bridgehead atoms. The lowest BCUT2D eigenvalue weighted by Gasteiger charge is -2.17. The Hall–Kier alpha value is -1.95. The summed E-state index contributed by atoms with van der Waals surface area (Å²) in [4.78, 5) is 12.9. The number of carbonyl (C=O) groups is 1. The van der Waals surface area contributed by atoms with Crippen molar-refractivity contribution in [1.29, 1.82) is 0 Å². The number of rotatable bonds is 5. The average Bonchev–Trinajstić information content (AvgIpc) is 3.12. The summed E-state index contributed by atoms with van der Waals surface area (Å²) in [5, 5.41) is 15.2. The molecule has 0 aromatic carbocycles. The van der Waals surface area contributed by atoms with Crippen LogP contribution < -0.4 is 0 Å². The number of aliphatic hydroxyl groups is 1. The lowest BCUT2D eigenvalue weighted by atomic mass is 10.2.